The SMILES string of the molecule is C[C@H]1OC(c2ccc(OCCCO)cc2)=N[C@@]1(Cc1ccccc1CN=[N+]=[N-])C(=O)NCCc1ccccc1Cl. The number of aliphatic hydroxyl groups excluding tert-OH is 1. The van der Waals surface area contributed by atoms with Crippen LogP contribution in [0.3, 0.4) is 0 Å². The van der Waals surface area contributed by atoms with E-state index in [1.54, 1.807) is 0 Å². The summed E-state index contributed by atoms with van der Waals surface area (Å²) >= 11 is 6.31. The van der Waals surface area contributed by atoms with E-state index in [4.69, 9.17) is 36.7 Å². The smallest absolute Gasteiger partial charge is 0.252 e. The first-order chi connectivity index (χ1) is 19.5. The zero-order chi connectivity index (χ0) is 28.4. The third-order valence-corrected chi connectivity index (χ3v) is 7.22. The van der Waals surface area contributed by atoms with Gasteiger partial charge in [-0.05, 0) is 65.9 Å². The Labute approximate surface area is 238 Å². The van der Waals surface area contributed by atoms with Crippen LogP contribution in [-0.4, -0.2) is 48.3 Å². The number of carbonyl (C=O) groups is 1. The fourth-order valence-electron chi connectivity index (χ4n) is 4.59. The monoisotopic (exact) mass is 561 g/mol. The van der Waals surface area contributed by atoms with E-state index in [1.807, 2.05) is 79.7 Å². The van der Waals surface area contributed by atoms with E-state index in [9.17, 15) is 4.79 Å². The summed E-state index contributed by atoms with van der Waals surface area (Å²) in [7, 11) is 0. The molecule has 2 atom stereocenters. The van der Waals surface area contributed by atoms with Crippen molar-refractivity contribution in [1.82, 2.24) is 5.32 Å². The number of ether oxygens (including phenoxy) is 2. The molecule has 1 aliphatic heterocycles. The number of azide groups is 1. The summed E-state index contributed by atoms with van der Waals surface area (Å²) in [6, 6.07) is 22.4. The van der Waals surface area contributed by atoms with Crippen LogP contribution < -0.4 is 10.1 Å². The van der Waals surface area contributed by atoms with Gasteiger partial charge in [0.2, 0.25) is 5.90 Å². The number of hydrogen-bond donors (Lipinski definition) is 2. The maximum Gasteiger partial charge on any atom is 0.252 e. The minimum absolute atomic E-state index is 0.0646. The van der Waals surface area contributed by atoms with E-state index in [0.29, 0.717) is 42.7 Å². The molecule has 3 aromatic carbocycles. The lowest BCUT2D eigenvalue weighted by Gasteiger charge is -2.29. The van der Waals surface area contributed by atoms with Crippen molar-refractivity contribution < 1.29 is 19.4 Å². The predicted octanol–water partition coefficient (Wildman–Crippen LogP) is 5.42. The summed E-state index contributed by atoms with van der Waals surface area (Å²) in [5, 5.41) is 16.4. The molecule has 9 nitrogen and oxygen atoms in total. The Balaban J connectivity index is 1.62. The quantitative estimate of drug-likeness (QED) is 0.125. The lowest BCUT2D eigenvalue weighted by Crippen LogP contribution is -2.53. The lowest BCUT2D eigenvalue weighted by atomic mass is 9.84. The van der Waals surface area contributed by atoms with Crippen molar-refractivity contribution in [1.29, 1.82) is 0 Å². The van der Waals surface area contributed by atoms with Crippen molar-refractivity contribution in [3.63, 3.8) is 0 Å². The van der Waals surface area contributed by atoms with Crippen LogP contribution >= 0.6 is 11.6 Å². The molecule has 0 spiro atoms. The Morgan fingerprint density at radius 1 is 1.12 bits per heavy atom. The molecule has 10 heteroatoms. The molecule has 1 heterocycles. The third kappa shape index (κ3) is 6.93. The maximum absolute atomic E-state index is 13.9. The zero-order valence-corrected chi connectivity index (χ0v) is 23.1. The Morgan fingerprint density at radius 2 is 1.82 bits per heavy atom. The number of amides is 1. The number of carbonyl (C=O) groups excluding carboxylic acids is 1. The zero-order valence-electron chi connectivity index (χ0n) is 22.3. The molecule has 208 valence electrons. The fourth-order valence-corrected chi connectivity index (χ4v) is 4.82. The van der Waals surface area contributed by atoms with Gasteiger partial charge in [-0.2, -0.15) is 0 Å². The van der Waals surface area contributed by atoms with Gasteiger partial charge in [0.05, 0.1) is 13.2 Å². The summed E-state index contributed by atoms with van der Waals surface area (Å²) in [5.74, 6) is 0.771. The van der Waals surface area contributed by atoms with Crippen LogP contribution in [-0.2, 0) is 28.9 Å². The number of aliphatic imine (C=N–C) groups is 1. The number of nitrogens with zero attached hydrogens (tertiary/aromatic N) is 4. The van der Waals surface area contributed by atoms with E-state index >= 15 is 0 Å². The fraction of sp³-hybridized carbons (Fsp3) is 0.333. The van der Waals surface area contributed by atoms with Gasteiger partial charge in [-0.25, -0.2) is 4.99 Å². The molecule has 1 amide bonds. The average Bonchev–Trinajstić information content (AvgIpc) is 3.30. The minimum Gasteiger partial charge on any atom is -0.494 e. The average molecular weight is 562 g/mol. The van der Waals surface area contributed by atoms with Crippen molar-refractivity contribution in [2.24, 2.45) is 10.1 Å². The summed E-state index contributed by atoms with van der Waals surface area (Å²) in [4.78, 5) is 21.7. The summed E-state index contributed by atoms with van der Waals surface area (Å²) in [6.45, 7) is 2.86. The largest absolute Gasteiger partial charge is 0.494 e. The number of hydrogen-bond acceptors (Lipinski definition) is 6. The highest BCUT2D eigenvalue weighted by Crippen LogP contribution is 2.34. The van der Waals surface area contributed by atoms with E-state index in [-0.39, 0.29) is 25.5 Å². The van der Waals surface area contributed by atoms with E-state index < -0.39 is 11.6 Å². The predicted molar refractivity (Wildman–Crippen MR) is 155 cm³/mol. The molecule has 0 fully saturated rings. The molecule has 1 aliphatic rings. The maximum atomic E-state index is 13.9. The van der Waals surface area contributed by atoms with E-state index in [1.165, 1.54) is 0 Å². The molecule has 0 saturated carbocycles. The molecule has 0 unspecified atom stereocenters. The third-order valence-electron chi connectivity index (χ3n) is 6.85. The van der Waals surface area contributed by atoms with Gasteiger partial charge >= 0.3 is 0 Å². The van der Waals surface area contributed by atoms with Crippen molar-refractivity contribution >= 4 is 23.4 Å². The number of benzene rings is 3. The first-order valence-corrected chi connectivity index (χ1v) is 13.5. The number of nitrogens with one attached hydrogen (secondary N) is 1. The molecule has 0 radical (unpaired) electrons. The van der Waals surface area contributed by atoms with Gasteiger partial charge in [-0.15, -0.1) is 0 Å². The van der Waals surface area contributed by atoms with Gasteiger partial charge < -0.3 is 19.9 Å². The van der Waals surface area contributed by atoms with Gasteiger partial charge in [0.25, 0.3) is 5.91 Å². The highest BCUT2D eigenvalue weighted by molar-refractivity contribution is 6.31. The first kappa shape index (κ1) is 29.0. The van der Waals surface area contributed by atoms with Gasteiger partial charge in [0.1, 0.15) is 11.9 Å². The Kier molecular flexibility index (Phi) is 10.0. The minimum atomic E-state index is -1.25. The summed E-state index contributed by atoms with van der Waals surface area (Å²) in [6.07, 6.45) is 0.800. The Morgan fingerprint density at radius 3 is 2.52 bits per heavy atom. The van der Waals surface area contributed by atoms with E-state index in [2.05, 4.69) is 15.3 Å². The van der Waals surface area contributed by atoms with Crippen LogP contribution in [0, 0.1) is 0 Å². The van der Waals surface area contributed by atoms with Crippen LogP contribution in [0.25, 0.3) is 10.4 Å². The van der Waals surface area contributed by atoms with Crippen molar-refractivity contribution in [3.8, 4) is 5.75 Å². The summed E-state index contributed by atoms with van der Waals surface area (Å²) < 4.78 is 11.8. The molecule has 0 saturated heterocycles. The standard InChI is InChI=1S/C30H32ClN5O4/c1-21-30(19-24-8-2-3-9-25(24)20-34-36-32,29(38)33-16-15-22-7-4-5-10-27(22)31)35-28(40-21)23-11-13-26(14-12-23)39-18-6-17-37/h2-5,7-14,21,37H,6,15-20H2,1H3,(H,33,38)/t21-,30-/m1/s1. The van der Waals surface area contributed by atoms with Crippen molar-refractivity contribution in [2.75, 3.05) is 19.8 Å². The van der Waals surface area contributed by atoms with Crippen LogP contribution in [0.15, 0.2) is 82.9 Å². The Bertz CT molecular complexity index is 1390. The van der Waals surface area contributed by atoms with Crippen LogP contribution in [0.1, 0.15) is 35.6 Å². The van der Waals surface area contributed by atoms with Crippen molar-refractivity contribution in [3.05, 3.63) is 111 Å². The molecule has 3 aromatic rings. The number of halogens is 1. The Hall–Kier alpha value is -4.04. The van der Waals surface area contributed by atoms with Crippen LogP contribution in [0.2, 0.25) is 5.02 Å². The van der Waals surface area contributed by atoms with Gasteiger partial charge in [0.15, 0.2) is 5.54 Å². The second kappa shape index (κ2) is 13.8. The van der Waals surface area contributed by atoms with Gasteiger partial charge in [-0.3, -0.25) is 4.79 Å². The highest BCUT2D eigenvalue weighted by atomic mass is 35.5. The molecular formula is C30H32ClN5O4. The summed E-state index contributed by atoms with van der Waals surface area (Å²) in [5.41, 5.74) is 10.9. The second-order valence-electron chi connectivity index (χ2n) is 9.48. The van der Waals surface area contributed by atoms with Crippen LogP contribution in [0.4, 0.5) is 0 Å². The topological polar surface area (TPSA) is 129 Å². The molecule has 0 aliphatic carbocycles. The van der Waals surface area contributed by atoms with Crippen molar-refractivity contribution in [2.45, 2.75) is 44.4 Å². The molecule has 40 heavy (non-hydrogen) atoms. The van der Waals surface area contributed by atoms with E-state index in [0.717, 1.165) is 22.3 Å². The van der Waals surface area contributed by atoms with Gasteiger partial charge in [0, 0.05) is 41.5 Å². The highest BCUT2D eigenvalue weighted by Gasteiger charge is 2.50. The van der Waals surface area contributed by atoms with Gasteiger partial charge in [-0.1, -0.05) is 59.2 Å². The molecule has 4 rings (SSSR count). The lowest BCUT2D eigenvalue weighted by molar-refractivity contribution is -0.128. The number of rotatable bonds is 13. The molecule has 2 N–H and O–H groups in total. The second-order valence-corrected chi connectivity index (χ2v) is 9.89. The first-order valence-electron chi connectivity index (χ1n) is 13.2. The normalized spacial score (nSPS) is 17.9. The molecular weight excluding hydrogens is 530 g/mol. The van der Waals surface area contributed by atoms with Crippen LogP contribution in [0.5, 0.6) is 5.75 Å². The molecule has 0 aromatic heterocycles. The number of aliphatic hydroxyl groups is 1. The molecule has 0 bridgehead atoms.